The summed E-state index contributed by atoms with van der Waals surface area (Å²) in [6.07, 6.45) is 2.45. The Labute approximate surface area is 150 Å². The Morgan fingerprint density at radius 2 is 1.91 bits per heavy atom. The summed E-state index contributed by atoms with van der Waals surface area (Å²) in [5.74, 6) is -0.0890. The molecule has 1 unspecified atom stereocenters. The molecule has 0 spiro atoms. The average Bonchev–Trinajstić information content (AvgIpc) is 2.50. The first-order valence-electron chi connectivity index (χ1n) is 7.32. The number of nitrogens with two attached hydrogens (primary N) is 1. The second-order valence-corrected chi connectivity index (χ2v) is 5.71. The maximum absolute atomic E-state index is 12.1. The number of benzene rings is 1. The van der Waals surface area contributed by atoms with Gasteiger partial charge in [-0.2, -0.15) is 5.26 Å². The van der Waals surface area contributed by atoms with Gasteiger partial charge < -0.3 is 16.0 Å². The first-order valence-corrected chi connectivity index (χ1v) is 7.32. The summed E-state index contributed by atoms with van der Waals surface area (Å²) in [6, 6.07) is 8.96. The quantitative estimate of drug-likeness (QED) is 0.853. The monoisotopic (exact) mass is 358 g/mol. The van der Waals surface area contributed by atoms with Crippen molar-refractivity contribution >= 4 is 30.7 Å². The third-order valence-electron chi connectivity index (χ3n) is 3.94. The second kappa shape index (κ2) is 10.5. The molecule has 0 saturated carbocycles. The topological polar surface area (TPSA) is 82.2 Å². The molecule has 0 radical (unpaired) electrons. The molecule has 1 saturated heterocycles. The Bertz CT molecular complexity index is 522. The van der Waals surface area contributed by atoms with Crippen LogP contribution in [0.5, 0.6) is 0 Å². The molecule has 1 atom stereocenters. The lowest BCUT2D eigenvalue weighted by Gasteiger charge is -2.30. The summed E-state index contributed by atoms with van der Waals surface area (Å²) in [6.45, 7) is 2.02. The second-order valence-electron chi connectivity index (χ2n) is 5.71. The molecule has 0 aliphatic carbocycles. The van der Waals surface area contributed by atoms with Crippen LogP contribution in [0.25, 0.3) is 0 Å². The van der Waals surface area contributed by atoms with Gasteiger partial charge in [0.15, 0.2) is 0 Å². The molecule has 7 heteroatoms. The van der Waals surface area contributed by atoms with Crippen molar-refractivity contribution in [3.63, 3.8) is 0 Å². The largest absolute Gasteiger partial charge is 0.352 e. The highest BCUT2D eigenvalue weighted by Gasteiger charge is 2.21. The van der Waals surface area contributed by atoms with E-state index in [1.54, 1.807) is 12.1 Å². The molecule has 1 amide bonds. The number of rotatable bonds is 4. The Balaban J connectivity index is 0.00000242. The summed E-state index contributed by atoms with van der Waals surface area (Å²) in [5.41, 5.74) is 7.56. The van der Waals surface area contributed by atoms with Crippen LogP contribution in [-0.4, -0.2) is 43.0 Å². The molecule has 5 nitrogen and oxygen atoms in total. The van der Waals surface area contributed by atoms with Crippen molar-refractivity contribution in [1.29, 1.82) is 5.26 Å². The predicted octanol–water partition coefficient (Wildman–Crippen LogP) is 1.48. The van der Waals surface area contributed by atoms with Crippen LogP contribution in [0, 0.1) is 11.3 Å². The number of amides is 1. The summed E-state index contributed by atoms with van der Waals surface area (Å²) in [5, 5.41) is 11.8. The first kappa shape index (κ1) is 21.7. The average molecular weight is 359 g/mol. The predicted molar refractivity (Wildman–Crippen MR) is 96.0 cm³/mol. The number of nitrogens with zero attached hydrogens (tertiary/aromatic N) is 2. The van der Waals surface area contributed by atoms with Crippen molar-refractivity contribution in [3.8, 4) is 6.07 Å². The third-order valence-corrected chi connectivity index (χ3v) is 3.94. The van der Waals surface area contributed by atoms with E-state index in [1.165, 1.54) is 0 Å². The van der Waals surface area contributed by atoms with Crippen molar-refractivity contribution in [2.24, 2.45) is 5.73 Å². The maximum Gasteiger partial charge on any atom is 0.237 e. The zero-order valence-corrected chi connectivity index (χ0v) is 14.8. The fourth-order valence-electron chi connectivity index (χ4n) is 2.52. The van der Waals surface area contributed by atoms with E-state index in [9.17, 15) is 4.79 Å². The lowest BCUT2D eigenvalue weighted by Crippen LogP contribution is -2.49. The summed E-state index contributed by atoms with van der Waals surface area (Å²) in [7, 11) is 2.09. The summed E-state index contributed by atoms with van der Waals surface area (Å²) >= 11 is 0. The minimum absolute atomic E-state index is 0. The van der Waals surface area contributed by atoms with E-state index in [1.807, 2.05) is 12.1 Å². The minimum atomic E-state index is -0.544. The van der Waals surface area contributed by atoms with Crippen molar-refractivity contribution in [2.45, 2.75) is 31.3 Å². The zero-order chi connectivity index (χ0) is 15.2. The number of hydrogen-bond donors (Lipinski definition) is 2. The molecule has 1 aliphatic rings. The SMILES string of the molecule is CN1CCC(NC(=O)C(N)Cc2ccc(C#N)cc2)CC1.Cl.Cl. The fourth-order valence-corrected chi connectivity index (χ4v) is 2.52. The van der Waals surface area contributed by atoms with Crippen LogP contribution in [0.3, 0.4) is 0 Å². The molecule has 3 N–H and O–H groups in total. The van der Waals surface area contributed by atoms with Crippen LogP contribution in [-0.2, 0) is 11.2 Å². The van der Waals surface area contributed by atoms with E-state index >= 15 is 0 Å². The molecule has 1 fully saturated rings. The van der Waals surface area contributed by atoms with Gasteiger partial charge >= 0.3 is 0 Å². The van der Waals surface area contributed by atoms with Crippen molar-refractivity contribution < 1.29 is 4.79 Å². The highest BCUT2D eigenvalue weighted by Crippen LogP contribution is 2.09. The Hall–Kier alpha value is -1.32. The summed E-state index contributed by atoms with van der Waals surface area (Å²) in [4.78, 5) is 14.4. The normalized spacial score (nSPS) is 16.4. The van der Waals surface area contributed by atoms with Gasteiger partial charge in [-0.1, -0.05) is 12.1 Å². The number of piperidine rings is 1. The standard InChI is InChI=1S/C16H22N4O.2ClH/c1-20-8-6-14(7-9-20)19-16(21)15(18)10-12-2-4-13(11-17)5-3-12;;/h2-5,14-15H,6-10,18H2,1H3,(H,19,21);2*1H. The van der Waals surface area contributed by atoms with Gasteiger partial charge in [-0.05, 0) is 57.1 Å². The molecule has 1 aromatic rings. The number of carbonyl (C=O) groups excluding carboxylic acids is 1. The summed E-state index contributed by atoms with van der Waals surface area (Å²) < 4.78 is 0. The van der Waals surface area contributed by atoms with E-state index in [2.05, 4.69) is 23.3 Å². The fraction of sp³-hybridized carbons (Fsp3) is 0.500. The number of carbonyl (C=O) groups is 1. The van der Waals surface area contributed by atoms with Crippen LogP contribution < -0.4 is 11.1 Å². The van der Waals surface area contributed by atoms with Gasteiger partial charge in [0.25, 0.3) is 0 Å². The van der Waals surface area contributed by atoms with E-state index in [-0.39, 0.29) is 36.8 Å². The Morgan fingerprint density at radius 1 is 1.35 bits per heavy atom. The van der Waals surface area contributed by atoms with E-state index in [0.717, 1.165) is 31.5 Å². The van der Waals surface area contributed by atoms with Gasteiger partial charge in [-0.25, -0.2) is 0 Å². The van der Waals surface area contributed by atoms with Crippen LogP contribution in [0.4, 0.5) is 0 Å². The van der Waals surface area contributed by atoms with E-state index in [4.69, 9.17) is 11.0 Å². The Kier molecular flexibility index (Phi) is 9.85. The number of likely N-dealkylation sites (tertiary alicyclic amines) is 1. The number of nitriles is 1. The molecular weight excluding hydrogens is 335 g/mol. The first-order chi connectivity index (χ1) is 10.1. The van der Waals surface area contributed by atoms with Crippen molar-refractivity contribution in [1.82, 2.24) is 10.2 Å². The van der Waals surface area contributed by atoms with Crippen LogP contribution >= 0.6 is 24.8 Å². The van der Waals surface area contributed by atoms with Gasteiger partial charge in [-0.3, -0.25) is 4.79 Å². The van der Waals surface area contributed by atoms with E-state index in [0.29, 0.717) is 12.0 Å². The van der Waals surface area contributed by atoms with Gasteiger partial charge in [0.2, 0.25) is 5.91 Å². The Morgan fingerprint density at radius 3 is 2.43 bits per heavy atom. The van der Waals surface area contributed by atoms with Crippen LogP contribution in [0.2, 0.25) is 0 Å². The lowest BCUT2D eigenvalue weighted by molar-refractivity contribution is -0.123. The molecule has 1 aliphatic heterocycles. The molecular formula is C16H24Cl2N4O. The smallest absolute Gasteiger partial charge is 0.237 e. The number of hydrogen-bond acceptors (Lipinski definition) is 4. The highest BCUT2D eigenvalue weighted by molar-refractivity contribution is 5.85. The molecule has 1 aromatic carbocycles. The van der Waals surface area contributed by atoms with E-state index < -0.39 is 6.04 Å². The molecule has 2 rings (SSSR count). The highest BCUT2D eigenvalue weighted by atomic mass is 35.5. The minimum Gasteiger partial charge on any atom is -0.352 e. The molecule has 1 heterocycles. The molecule has 0 aromatic heterocycles. The van der Waals surface area contributed by atoms with Crippen molar-refractivity contribution in [2.75, 3.05) is 20.1 Å². The zero-order valence-electron chi connectivity index (χ0n) is 13.2. The molecule has 128 valence electrons. The van der Waals surface area contributed by atoms with Gasteiger partial charge in [0.1, 0.15) is 0 Å². The van der Waals surface area contributed by atoms with Gasteiger partial charge in [-0.15, -0.1) is 24.8 Å². The van der Waals surface area contributed by atoms with Crippen molar-refractivity contribution in [3.05, 3.63) is 35.4 Å². The van der Waals surface area contributed by atoms with Gasteiger partial charge in [0, 0.05) is 6.04 Å². The van der Waals surface area contributed by atoms with Crippen LogP contribution in [0.1, 0.15) is 24.0 Å². The maximum atomic E-state index is 12.1. The third kappa shape index (κ3) is 6.76. The van der Waals surface area contributed by atoms with Gasteiger partial charge in [0.05, 0.1) is 17.7 Å². The molecule has 0 bridgehead atoms. The van der Waals surface area contributed by atoms with Crippen LogP contribution in [0.15, 0.2) is 24.3 Å². The number of halogens is 2. The number of nitrogens with one attached hydrogen (secondary N) is 1. The lowest BCUT2D eigenvalue weighted by atomic mass is 10.0. The molecule has 23 heavy (non-hydrogen) atoms.